The van der Waals surface area contributed by atoms with Gasteiger partial charge in [-0.25, -0.2) is 4.79 Å². The van der Waals surface area contributed by atoms with Gasteiger partial charge in [0.25, 0.3) is 5.69 Å². The first-order valence-electron chi connectivity index (χ1n) is 13.9. The van der Waals surface area contributed by atoms with Gasteiger partial charge in [-0.2, -0.15) is 0 Å². The van der Waals surface area contributed by atoms with Gasteiger partial charge in [0.2, 0.25) is 0 Å². The van der Waals surface area contributed by atoms with Crippen LogP contribution in [0.3, 0.4) is 0 Å². The third-order valence-electron chi connectivity index (χ3n) is 8.05. The second kappa shape index (κ2) is 14.2. The molecule has 0 spiro atoms. The van der Waals surface area contributed by atoms with E-state index >= 15 is 0 Å². The smallest absolute Gasteiger partial charge is 0.410 e. The Labute approximate surface area is 241 Å². The van der Waals surface area contributed by atoms with Crippen molar-refractivity contribution in [2.24, 2.45) is 5.92 Å². The zero-order chi connectivity index (χ0) is 28.5. The second-order valence-corrected chi connectivity index (χ2v) is 11.0. The highest BCUT2D eigenvalue weighted by Crippen LogP contribution is 2.40. The molecule has 0 bridgehead atoms. The predicted molar refractivity (Wildman–Crippen MR) is 160 cm³/mol. The molecule has 9 nitrogen and oxygen atoms in total. The number of carbonyl (C=O) groups is 1. The highest BCUT2D eigenvalue weighted by atomic mass is 32.1. The maximum atomic E-state index is 13.0. The zero-order valence-electron chi connectivity index (χ0n) is 23.0. The first-order valence-corrected chi connectivity index (χ1v) is 14.3. The summed E-state index contributed by atoms with van der Waals surface area (Å²) in [6.45, 7) is 7.17. The normalized spacial score (nSPS) is 21.4. The highest BCUT2D eigenvalue weighted by molar-refractivity contribution is 7.80. The molecule has 2 N–H and O–H groups in total. The quantitative estimate of drug-likeness (QED) is 0.183. The van der Waals surface area contributed by atoms with Crippen LogP contribution in [0.25, 0.3) is 0 Å². The lowest BCUT2D eigenvalue weighted by Crippen LogP contribution is -2.48. The van der Waals surface area contributed by atoms with Crippen LogP contribution in [0.4, 0.5) is 10.5 Å². The minimum atomic E-state index is -0.447. The molecule has 3 unspecified atom stereocenters. The molecule has 1 aliphatic carbocycles. The number of non-ortho nitro benzene ring substituents is 1. The van der Waals surface area contributed by atoms with Crippen LogP contribution in [0.5, 0.6) is 0 Å². The monoisotopic (exact) mass is 565 g/mol. The molecular formula is C30H39N5O4S. The minimum absolute atomic E-state index is 0.0102. The Hall–Kier alpha value is -3.50. The summed E-state index contributed by atoms with van der Waals surface area (Å²) in [5.74, 6) is 0.995. The van der Waals surface area contributed by atoms with Gasteiger partial charge in [-0.3, -0.25) is 10.1 Å². The van der Waals surface area contributed by atoms with Gasteiger partial charge in [-0.05, 0) is 73.0 Å². The maximum absolute atomic E-state index is 13.0. The van der Waals surface area contributed by atoms with Crippen molar-refractivity contribution in [2.75, 3.05) is 33.2 Å². The Kier molecular flexibility index (Phi) is 10.5. The highest BCUT2D eigenvalue weighted by Gasteiger charge is 2.37. The van der Waals surface area contributed by atoms with Gasteiger partial charge in [0.15, 0.2) is 5.11 Å². The number of likely N-dealkylation sites (tertiary alicyclic amines) is 1. The van der Waals surface area contributed by atoms with E-state index in [0.717, 1.165) is 45.3 Å². The van der Waals surface area contributed by atoms with Crippen molar-refractivity contribution in [3.8, 4) is 0 Å². The van der Waals surface area contributed by atoms with E-state index in [9.17, 15) is 14.9 Å². The number of hydrogen-bond donors (Lipinski definition) is 2. The number of carbonyl (C=O) groups excluding carboxylic acids is 1. The van der Waals surface area contributed by atoms with E-state index in [1.807, 2.05) is 7.05 Å². The summed E-state index contributed by atoms with van der Waals surface area (Å²) in [5, 5.41) is 18.1. The largest absolute Gasteiger partial charge is 0.445 e. The van der Waals surface area contributed by atoms with Crippen LogP contribution in [0.2, 0.25) is 0 Å². The van der Waals surface area contributed by atoms with Gasteiger partial charge in [0.1, 0.15) is 6.61 Å². The number of ether oxygens (including phenoxy) is 1. The Balaban J connectivity index is 1.32. The molecule has 10 heteroatoms. The Bertz CT molecular complexity index is 1150. The van der Waals surface area contributed by atoms with Crippen molar-refractivity contribution in [3.63, 3.8) is 0 Å². The van der Waals surface area contributed by atoms with E-state index in [1.165, 1.54) is 17.7 Å². The van der Waals surface area contributed by atoms with Crippen molar-refractivity contribution in [3.05, 3.63) is 88.5 Å². The molecule has 0 radical (unpaired) electrons. The molecule has 1 aliphatic heterocycles. The third-order valence-corrected chi connectivity index (χ3v) is 8.37. The summed E-state index contributed by atoms with van der Waals surface area (Å²) in [6, 6.07) is 17.3. The van der Waals surface area contributed by atoms with Gasteiger partial charge in [-0.15, -0.1) is 6.58 Å². The number of nitrogens with zero attached hydrogens (tertiary/aromatic N) is 3. The maximum Gasteiger partial charge on any atom is 0.410 e. The molecule has 1 saturated heterocycles. The molecule has 1 amide bonds. The molecule has 0 aromatic heterocycles. The zero-order valence-corrected chi connectivity index (χ0v) is 23.9. The fraction of sp³-hybridized carbons (Fsp3) is 0.467. The van der Waals surface area contributed by atoms with E-state index in [2.05, 4.69) is 52.4 Å². The fourth-order valence-corrected chi connectivity index (χ4v) is 6.18. The molecule has 2 aliphatic rings. The van der Waals surface area contributed by atoms with E-state index in [1.54, 1.807) is 23.1 Å². The average molecular weight is 566 g/mol. The molecule has 1 heterocycles. The van der Waals surface area contributed by atoms with Gasteiger partial charge < -0.3 is 25.2 Å². The number of benzene rings is 2. The van der Waals surface area contributed by atoms with E-state index < -0.39 is 4.92 Å². The Morgan fingerprint density at radius 2 is 1.88 bits per heavy atom. The van der Waals surface area contributed by atoms with Crippen LogP contribution < -0.4 is 10.6 Å². The average Bonchev–Trinajstić information content (AvgIpc) is 3.37. The molecule has 2 fully saturated rings. The van der Waals surface area contributed by atoms with E-state index in [0.29, 0.717) is 35.1 Å². The van der Waals surface area contributed by atoms with Crippen LogP contribution in [0.1, 0.15) is 42.7 Å². The topological polar surface area (TPSA) is 100.0 Å². The molecule has 2 aromatic rings. The number of thiocarbonyl (C=S) groups is 1. The van der Waals surface area contributed by atoms with Crippen molar-refractivity contribution in [1.82, 2.24) is 20.4 Å². The number of rotatable bonds is 10. The first kappa shape index (κ1) is 29.5. The Morgan fingerprint density at radius 1 is 1.18 bits per heavy atom. The van der Waals surface area contributed by atoms with Crippen LogP contribution in [0, 0.1) is 16.0 Å². The number of nitro benzene ring substituents is 1. The number of hydrogen-bond acceptors (Lipinski definition) is 6. The van der Waals surface area contributed by atoms with Crippen LogP contribution in [0.15, 0.2) is 67.3 Å². The summed E-state index contributed by atoms with van der Waals surface area (Å²) in [6.07, 6.45) is 5.21. The number of nitro groups is 1. The van der Waals surface area contributed by atoms with Crippen molar-refractivity contribution >= 4 is 29.1 Å². The molecule has 2 aromatic carbocycles. The van der Waals surface area contributed by atoms with Crippen LogP contribution in [-0.4, -0.2) is 71.2 Å². The standard InChI is InChI=1S/C30H39N5O4S/c1-3-15-34(30(36)39-21-22-9-11-27(12-10-22)35(37)38)26-13-16-33(17-14-26)20-24-18-25(32-29(40)31-2)19-28(24)23-7-5-4-6-8-23/h3-12,24-26,28H,1,13-21H2,2H3,(H2,31,32,40). The van der Waals surface area contributed by atoms with Gasteiger partial charge in [0, 0.05) is 57.4 Å². The summed E-state index contributed by atoms with van der Waals surface area (Å²) in [7, 11) is 1.85. The lowest BCUT2D eigenvalue weighted by Gasteiger charge is -2.39. The van der Waals surface area contributed by atoms with Crippen LogP contribution in [-0.2, 0) is 11.3 Å². The number of amides is 1. The SMILES string of the molecule is C=CCN(C(=O)OCc1ccc([N+](=O)[O-])cc1)C1CCN(CC2CC(NC(=S)NC)CC2c2ccccc2)CC1. The van der Waals surface area contributed by atoms with E-state index in [-0.39, 0.29) is 24.4 Å². The second-order valence-electron chi connectivity index (χ2n) is 10.6. The van der Waals surface area contributed by atoms with Crippen molar-refractivity contribution < 1.29 is 14.5 Å². The molecule has 40 heavy (non-hydrogen) atoms. The van der Waals surface area contributed by atoms with Gasteiger partial charge in [0.05, 0.1) is 4.92 Å². The molecule has 4 rings (SSSR count). The molecule has 3 atom stereocenters. The molecular weight excluding hydrogens is 526 g/mol. The van der Waals surface area contributed by atoms with E-state index in [4.69, 9.17) is 17.0 Å². The number of piperidine rings is 1. The first-order chi connectivity index (χ1) is 19.4. The number of nitrogens with one attached hydrogen (secondary N) is 2. The third kappa shape index (κ3) is 7.79. The predicted octanol–water partition coefficient (Wildman–Crippen LogP) is 4.84. The van der Waals surface area contributed by atoms with Crippen molar-refractivity contribution in [2.45, 2.75) is 50.3 Å². The molecule has 1 saturated carbocycles. The van der Waals surface area contributed by atoms with Gasteiger partial charge in [-0.1, -0.05) is 36.4 Å². The lowest BCUT2D eigenvalue weighted by molar-refractivity contribution is -0.384. The fourth-order valence-electron chi connectivity index (χ4n) is 6.01. The van der Waals surface area contributed by atoms with Gasteiger partial charge >= 0.3 is 6.09 Å². The molecule has 214 valence electrons. The van der Waals surface area contributed by atoms with Crippen LogP contribution >= 0.6 is 12.2 Å². The lowest BCUT2D eigenvalue weighted by atomic mass is 9.88. The minimum Gasteiger partial charge on any atom is -0.445 e. The summed E-state index contributed by atoms with van der Waals surface area (Å²) < 4.78 is 5.58. The summed E-state index contributed by atoms with van der Waals surface area (Å²) in [5.41, 5.74) is 2.10. The van der Waals surface area contributed by atoms with Crippen molar-refractivity contribution in [1.29, 1.82) is 0 Å². The summed E-state index contributed by atoms with van der Waals surface area (Å²) >= 11 is 5.38. The Morgan fingerprint density at radius 3 is 2.50 bits per heavy atom. The summed E-state index contributed by atoms with van der Waals surface area (Å²) in [4.78, 5) is 27.7.